The SMILES string of the molecule is O=C(CCl)CCC1CCCO1. The van der Waals surface area contributed by atoms with Gasteiger partial charge in [-0.25, -0.2) is 0 Å². The molecule has 0 aromatic rings. The number of ketones is 1. The van der Waals surface area contributed by atoms with Crippen LogP contribution in [0.4, 0.5) is 0 Å². The normalized spacial score (nSPS) is 23.9. The van der Waals surface area contributed by atoms with E-state index in [1.54, 1.807) is 0 Å². The lowest BCUT2D eigenvalue weighted by Gasteiger charge is -2.06. The molecule has 64 valence electrons. The standard InChI is InChI=1S/C8H13ClO2/c9-6-7(10)3-4-8-2-1-5-11-8/h8H,1-6H2. The van der Waals surface area contributed by atoms with Gasteiger partial charge in [0.1, 0.15) is 5.78 Å². The minimum absolute atomic E-state index is 0.127. The Morgan fingerprint density at radius 2 is 2.45 bits per heavy atom. The van der Waals surface area contributed by atoms with Crippen molar-refractivity contribution in [3.05, 3.63) is 0 Å². The van der Waals surface area contributed by atoms with Crippen molar-refractivity contribution in [3.63, 3.8) is 0 Å². The summed E-state index contributed by atoms with van der Waals surface area (Å²) in [6.07, 6.45) is 4.00. The topological polar surface area (TPSA) is 26.3 Å². The number of alkyl halides is 1. The van der Waals surface area contributed by atoms with Gasteiger partial charge in [0.05, 0.1) is 12.0 Å². The van der Waals surface area contributed by atoms with E-state index in [4.69, 9.17) is 16.3 Å². The highest BCUT2D eigenvalue weighted by Gasteiger charge is 2.15. The molecule has 0 radical (unpaired) electrons. The number of rotatable bonds is 4. The third-order valence-corrected chi connectivity index (χ3v) is 2.22. The van der Waals surface area contributed by atoms with Gasteiger partial charge in [-0.05, 0) is 19.3 Å². The van der Waals surface area contributed by atoms with Crippen LogP contribution in [0, 0.1) is 0 Å². The van der Waals surface area contributed by atoms with Crippen LogP contribution in [0.15, 0.2) is 0 Å². The summed E-state index contributed by atoms with van der Waals surface area (Å²) in [6, 6.07) is 0. The Hall–Kier alpha value is -0.0800. The van der Waals surface area contributed by atoms with Crippen LogP contribution in [-0.2, 0) is 9.53 Å². The quantitative estimate of drug-likeness (QED) is 0.611. The first-order chi connectivity index (χ1) is 5.33. The Bertz CT molecular complexity index is 130. The molecule has 1 atom stereocenters. The first-order valence-corrected chi connectivity index (χ1v) is 4.55. The first kappa shape index (κ1) is 9.01. The van der Waals surface area contributed by atoms with E-state index in [9.17, 15) is 4.79 Å². The van der Waals surface area contributed by atoms with Gasteiger partial charge in [0, 0.05) is 13.0 Å². The zero-order valence-electron chi connectivity index (χ0n) is 6.51. The largest absolute Gasteiger partial charge is 0.378 e. The van der Waals surface area contributed by atoms with Gasteiger partial charge in [-0.15, -0.1) is 11.6 Å². The fourth-order valence-corrected chi connectivity index (χ4v) is 1.39. The monoisotopic (exact) mass is 176 g/mol. The second-order valence-corrected chi connectivity index (χ2v) is 3.11. The Morgan fingerprint density at radius 3 is 3.00 bits per heavy atom. The van der Waals surface area contributed by atoms with Crippen molar-refractivity contribution >= 4 is 17.4 Å². The zero-order valence-corrected chi connectivity index (χ0v) is 7.27. The lowest BCUT2D eigenvalue weighted by molar-refractivity contribution is -0.117. The summed E-state index contributed by atoms with van der Waals surface area (Å²) >= 11 is 5.35. The number of hydrogen-bond acceptors (Lipinski definition) is 2. The van der Waals surface area contributed by atoms with Crippen molar-refractivity contribution in [2.75, 3.05) is 12.5 Å². The fraction of sp³-hybridized carbons (Fsp3) is 0.875. The summed E-state index contributed by atoms with van der Waals surface area (Å²) in [4.78, 5) is 10.8. The molecular formula is C8H13ClO2. The van der Waals surface area contributed by atoms with Gasteiger partial charge in [-0.3, -0.25) is 4.79 Å². The molecule has 3 heteroatoms. The molecule has 1 rings (SSSR count). The molecule has 1 saturated heterocycles. The van der Waals surface area contributed by atoms with Crippen molar-refractivity contribution in [2.24, 2.45) is 0 Å². The van der Waals surface area contributed by atoms with E-state index in [0.717, 1.165) is 25.9 Å². The Morgan fingerprint density at radius 1 is 1.64 bits per heavy atom. The predicted molar refractivity (Wildman–Crippen MR) is 43.9 cm³/mol. The van der Waals surface area contributed by atoms with E-state index >= 15 is 0 Å². The maximum Gasteiger partial charge on any atom is 0.147 e. The maximum atomic E-state index is 10.8. The van der Waals surface area contributed by atoms with Crippen LogP contribution in [0.25, 0.3) is 0 Å². The Labute approximate surface area is 71.9 Å². The molecule has 1 heterocycles. The van der Waals surface area contributed by atoms with Crippen LogP contribution in [0.1, 0.15) is 25.7 Å². The minimum atomic E-state index is 0.127. The van der Waals surface area contributed by atoms with Crippen LogP contribution in [-0.4, -0.2) is 24.4 Å². The van der Waals surface area contributed by atoms with Crippen molar-refractivity contribution < 1.29 is 9.53 Å². The van der Waals surface area contributed by atoms with E-state index in [1.165, 1.54) is 0 Å². The Kier molecular flexibility index (Phi) is 3.87. The smallest absolute Gasteiger partial charge is 0.147 e. The van der Waals surface area contributed by atoms with Crippen molar-refractivity contribution in [2.45, 2.75) is 31.8 Å². The molecule has 0 aliphatic carbocycles. The molecule has 0 aromatic heterocycles. The van der Waals surface area contributed by atoms with Crippen LogP contribution < -0.4 is 0 Å². The Balaban J connectivity index is 2.06. The van der Waals surface area contributed by atoms with Gasteiger partial charge in [-0.1, -0.05) is 0 Å². The molecule has 0 bridgehead atoms. The second-order valence-electron chi connectivity index (χ2n) is 2.85. The van der Waals surface area contributed by atoms with Crippen LogP contribution >= 0.6 is 11.6 Å². The molecule has 1 aliphatic rings. The summed E-state index contributed by atoms with van der Waals surface area (Å²) in [6.45, 7) is 0.861. The van der Waals surface area contributed by atoms with Gasteiger partial charge < -0.3 is 4.74 Å². The fourth-order valence-electron chi connectivity index (χ4n) is 1.26. The summed E-state index contributed by atoms with van der Waals surface area (Å²) in [5.41, 5.74) is 0. The average Bonchev–Trinajstić information content (AvgIpc) is 2.52. The number of Topliss-reactive ketones (excluding diaryl/α,β-unsaturated/α-hetero) is 1. The highest BCUT2D eigenvalue weighted by atomic mass is 35.5. The van der Waals surface area contributed by atoms with E-state index in [1.807, 2.05) is 0 Å². The zero-order chi connectivity index (χ0) is 8.10. The van der Waals surface area contributed by atoms with Crippen LogP contribution in [0.2, 0.25) is 0 Å². The van der Waals surface area contributed by atoms with Crippen molar-refractivity contribution in [3.8, 4) is 0 Å². The molecule has 0 saturated carbocycles. The van der Waals surface area contributed by atoms with Gasteiger partial charge >= 0.3 is 0 Å². The third-order valence-electron chi connectivity index (χ3n) is 1.92. The molecule has 1 fully saturated rings. The summed E-state index contributed by atoms with van der Waals surface area (Å²) < 4.78 is 5.35. The molecule has 1 aliphatic heterocycles. The van der Waals surface area contributed by atoms with Crippen LogP contribution in [0.5, 0.6) is 0 Å². The molecule has 0 amide bonds. The third kappa shape index (κ3) is 3.21. The predicted octanol–water partition coefficient (Wildman–Crippen LogP) is 1.75. The maximum absolute atomic E-state index is 10.8. The average molecular weight is 177 g/mol. The van der Waals surface area contributed by atoms with E-state index in [-0.39, 0.29) is 11.7 Å². The molecule has 0 N–H and O–H groups in total. The number of carbonyl (C=O) groups excluding carboxylic acids is 1. The summed E-state index contributed by atoms with van der Waals surface area (Å²) in [5.74, 6) is 0.273. The van der Waals surface area contributed by atoms with Gasteiger partial charge in [-0.2, -0.15) is 0 Å². The van der Waals surface area contributed by atoms with Crippen molar-refractivity contribution in [1.82, 2.24) is 0 Å². The highest BCUT2D eigenvalue weighted by Crippen LogP contribution is 2.16. The lowest BCUT2D eigenvalue weighted by Crippen LogP contribution is -2.09. The summed E-state index contributed by atoms with van der Waals surface area (Å²) in [7, 11) is 0. The van der Waals surface area contributed by atoms with E-state index in [2.05, 4.69) is 0 Å². The molecule has 11 heavy (non-hydrogen) atoms. The lowest BCUT2D eigenvalue weighted by atomic mass is 10.1. The number of halogens is 1. The molecular weight excluding hydrogens is 164 g/mol. The molecule has 0 aromatic carbocycles. The number of carbonyl (C=O) groups is 1. The number of ether oxygens (including phenoxy) is 1. The molecule has 0 spiro atoms. The van der Waals surface area contributed by atoms with E-state index < -0.39 is 0 Å². The second kappa shape index (κ2) is 4.73. The van der Waals surface area contributed by atoms with Gasteiger partial charge in [0.25, 0.3) is 0 Å². The highest BCUT2D eigenvalue weighted by molar-refractivity contribution is 6.27. The van der Waals surface area contributed by atoms with Gasteiger partial charge in [0.2, 0.25) is 0 Å². The number of hydrogen-bond donors (Lipinski definition) is 0. The van der Waals surface area contributed by atoms with E-state index in [0.29, 0.717) is 12.5 Å². The van der Waals surface area contributed by atoms with Gasteiger partial charge in [0.15, 0.2) is 0 Å². The first-order valence-electron chi connectivity index (χ1n) is 4.02. The van der Waals surface area contributed by atoms with Crippen LogP contribution in [0.3, 0.4) is 0 Å². The van der Waals surface area contributed by atoms with Crippen molar-refractivity contribution in [1.29, 1.82) is 0 Å². The minimum Gasteiger partial charge on any atom is -0.378 e. The molecule has 2 nitrogen and oxygen atoms in total. The summed E-state index contributed by atoms with van der Waals surface area (Å²) in [5, 5.41) is 0. The molecule has 1 unspecified atom stereocenters.